The van der Waals surface area contributed by atoms with E-state index < -0.39 is 5.92 Å². The van der Waals surface area contributed by atoms with Gasteiger partial charge in [0, 0.05) is 25.1 Å². The van der Waals surface area contributed by atoms with Crippen LogP contribution < -0.4 is 5.32 Å². The molecule has 2 aromatic rings. The molecule has 1 heterocycles. The highest BCUT2D eigenvalue weighted by Crippen LogP contribution is 2.35. The maximum absolute atomic E-state index is 13.6. The van der Waals surface area contributed by atoms with Gasteiger partial charge in [-0.25, -0.2) is 13.8 Å². The van der Waals surface area contributed by atoms with Crippen LogP contribution in [0.4, 0.5) is 14.6 Å². The highest BCUT2D eigenvalue weighted by molar-refractivity contribution is 5.66. The van der Waals surface area contributed by atoms with Gasteiger partial charge in [0.1, 0.15) is 5.82 Å². The molecular formula is C18H24F2N2. The van der Waals surface area contributed by atoms with Crippen molar-refractivity contribution in [2.45, 2.75) is 33.6 Å². The summed E-state index contributed by atoms with van der Waals surface area (Å²) in [4.78, 5) is 4.24. The second-order valence-corrected chi connectivity index (χ2v) is 5.83. The topological polar surface area (TPSA) is 24.9 Å². The summed E-state index contributed by atoms with van der Waals surface area (Å²) in [5, 5.41) is 2.86. The molecule has 0 unspecified atom stereocenters. The van der Waals surface area contributed by atoms with Crippen LogP contribution in [0.15, 0.2) is 42.5 Å². The van der Waals surface area contributed by atoms with Crippen molar-refractivity contribution >= 4 is 5.82 Å². The van der Waals surface area contributed by atoms with Crippen molar-refractivity contribution in [2.75, 3.05) is 12.4 Å². The molecule has 0 atom stereocenters. The zero-order valence-electron chi connectivity index (χ0n) is 13.8. The van der Waals surface area contributed by atoms with Gasteiger partial charge in [-0.15, -0.1) is 0 Å². The van der Waals surface area contributed by atoms with Crippen molar-refractivity contribution in [3.63, 3.8) is 0 Å². The molecule has 2 rings (SSSR count). The Kier molecular flexibility index (Phi) is 6.47. The van der Waals surface area contributed by atoms with Gasteiger partial charge in [0.05, 0.1) is 5.69 Å². The minimum Gasteiger partial charge on any atom is -0.373 e. The third-order valence-electron chi connectivity index (χ3n) is 2.67. The zero-order valence-corrected chi connectivity index (χ0v) is 13.8. The number of pyridine rings is 1. The van der Waals surface area contributed by atoms with Crippen molar-refractivity contribution in [1.29, 1.82) is 0 Å². The van der Waals surface area contributed by atoms with E-state index in [9.17, 15) is 8.78 Å². The SMILES string of the molecule is CC(C)C.CNc1ccc(C(C)(F)F)c(-c2ccccc2)n1. The van der Waals surface area contributed by atoms with Crippen LogP contribution in [0.1, 0.15) is 33.3 Å². The van der Waals surface area contributed by atoms with E-state index in [1.165, 1.54) is 6.07 Å². The number of rotatable bonds is 3. The van der Waals surface area contributed by atoms with Gasteiger partial charge < -0.3 is 5.32 Å². The molecule has 0 radical (unpaired) electrons. The standard InChI is InChI=1S/C14H14F2N2.C4H10/c1-14(15,16)11-8-9-12(17-2)18-13(11)10-6-4-3-5-7-10;1-4(2)3/h3-9H,1-2H3,(H,17,18);4H,1-3H3. The van der Waals surface area contributed by atoms with Crippen LogP contribution in [0.25, 0.3) is 11.3 Å². The number of hydrogen-bond donors (Lipinski definition) is 1. The fourth-order valence-corrected chi connectivity index (χ4v) is 1.77. The highest BCUT2D eigenvalue weighted by atomic mass is 19.3. The minimum absolute atomic E-state index is 0.0623. The first-order chi connectivity index (χ1) is 10.3. The Morgan fingerprint density at radius 1 is 1.00 bits per heavy atom. The summed E-state index contributed by atoms with van der Waals surface area (Å²) in [6.45, 7) is 7.38. The van der Waals surface area contributed by atoms with Gasteiger partial charge in [0.15, 0.2) is 0 Å². The lowest BCUT2D eigenvalue weighted by Gasteiger charge is -2.16. The van der Waals surface area contributed by atoms with E-state index in [1.54, 1.807) is 37.4 Å². The largest absolute Gasteiger partial charge is 0.373 e. The highest BCUT2D eigenvalue weighted by Gasteiger charge is 2.29. The Hall–Kier alpha value is -1.97. The first-order valence-electron chi connectivity index (χ1n) is 7.38. The van der Waals surface area contributed by atoms with Crippen molar-refractivity contribution in [1.82, 2.24) is 4.98 Å². The molecule has 0 amide bonds. The molecule has 0 aliphatic carbocycles. The number of nitrogens with one attached hydrogen (secondary N) is 1. The molecule has 2 nitrogen and oxygen atoms in total. The van der Waals surface area contributed by atoms with Crippen molar-refractivity contribution in [2.24, 2.45) is 5.92 Å². The van der Waals surface area contributed by atoms with Crippen molar-refractivity contribution in [3.05, 3.63) is 48.0 Å². The molecule has 120 valence electrons. The molecule has 0 fully saturated rings. The van der Waals surface area contributed by atoms with Crippen molar-refractivity contribution < 1.29 is 8.78 Å². The third kappa shape index (κ3) is 5.43. The smallest absolute Gasteiger partial charge is 0.272 e. The van der Waals surface area contributed by atoms with Crippen LogP contribution in [-0.2, 0) is 5.92 Å². The summed E-state index contributed by atoms with van der Waals surface area (Å²) in [6.07, 6.45) is 0. The number of halogens is 2. The van der Waals surface area contributed by atoms with Crippen LogP contribution in [0, 0.1) is 5.92 Å². The van der Waals surface area contributed by atoms with Crippen LogP contribution in [-0.4, -0.2) is 12.0 Å². The van der Waals surface area contributed by atoms with Crippen LogP contribution in [0.5, 0.6) is 0 Å². The molecular weight excluding hydrogens is 282 g/mol. The fraction of sp³-hybridized carbons (Fsp3) is 0.389. The maximum Gasteiger partial charge on any atom is 0.272 e. The summed E-state index contributed by atoms with van der Waals surface area (Å²) in [5.74, 6) is -1.51. The average molecular weight is 306 g/mol. The molecule has 0 spiro atoms. The van der Waals surface area contributed by atoms with E-state index in [-0.39, 0.29) is 5.56 Å². The molecule has 0 bridgehead atoms. The summed E-state index contributed by atoms with van der Waals surface area (Å²) >= 11 is 0. The lowest BCUT2D eigenvalue weighted by Crippen LogP contribution is -2.11. The number of benzene rings is 1. The first kappa shape index (κ1) is 18.1. The van der Waals surface area contributed by atoms with Gasteiger partial charge in [-0.05, 0) is 18.1 Å². The minimum atomic E-state index is -2.91. The van der Waals surface area contributed by atoms with E-state index >= 15 is 0 Å². The molecule has 1 aromatic heterocycles. The van der Waals surface area contributed by atoms with Crippen LogP contribution >= 0.6 is 0 Å². The molecule has 0 aliphatic rings. The van der Waals surface area contributed by atoms with E-state index in [2.05, 4.69) is 31.1 Å². The van der Waals surface area contributed by atoms with Crippen molar-refractivity contribution in [3.8, 4) is 11.3 Å². The monoisotopic (exact) mass is 306 g/mol. The summed E-state index contributed by atoms with van der Waals surface area (Å²) in [6, 6.07) is 12.0. The number of anilines is 1. The Balaban J connectivity index is 0.000000541. The fourth-order valence-electron chi connectivity index (χ4n) is 1.77. The zero-order chi connectivity index (χ0) is 16.8. The molecule has 0 saturated heterocycles. The molecule has 22 heavy (non-hydrogen) atoms. The average Bonchev–Trinajstić information content (AvgIpc) is 2.46. The van der Waals surface area contributed by atoms with Crippen LogP contribution in [0.2, 0.25) is 0 Å². The Morgan fingerprint density at radius 3 is 2.00 bits per heavy atom. The first-order valence-corrected chi connectivity index (χ1v) is 7.38. The summed E-state index contributed by atoms with van der Waals surface area (Å²) in [5.41, 5.74) is 0.939. The van der Waals surface area contributed by atoms with E-state index in [4.69, 9.17) is 0 Å². The maximum atomic E-state index is 13.6. The van der Waals surface area contributed by atoms with Gasteiger partial charge in [-0.1, -0.05) is 51.1 Å². The molecule has 0 saturated carbocycles. The third-order valence-corrected chi connectivity index (χ3v) is 2.67. The number of aromatic nitrogens is 1. The quantitative estimate of drug-likeness (QED) is 0.802. The van der Waals surface area contributed by atoms with E-state index in [0.29, 0.717) is 17.1 Å². The number of alkyl halides is 2. The second-order valence-electron chi connectivity index (χ2n) is 5.83. The van der Waals surface area contributed by atoms with Gasteiger partial charge in [-0.3, -0.25) is 0 Å². The van der Waals surface area contributed by atoms with Gasteiger partial charge in [-0.2, -0.15) is 0 Å². The molecule has 1 N–H and O–H groups in total. The van der Waals surface area contributed by atoms with Gasteiger partial charge >= 0.3 is 0 Å². The second kappa shape index (κ2) is 7.87. The predicted molar refractivity (Wildman–Crippen MR) is 89.3 cm³/mol. The molecule has 4 heteroatoms. The summed E-state index contributed by atoms with van der Waals surface area (Å²) in [7, 11) is 1.71. The molecule has 0 aliphatic heterocycles. The number of hydrogen-bond acceptors (Lipinski definition) is 2. The normalized spacial score (nSPS) is 10.9. The Labute approximate surface area is 131 Å². The van der Waals surface area contributed by atoms with E-state index in [0.717, 1.165) is 12.8 Å². The molecule has 1 aromatic carbocycles. The summed E-state index contributed by atoms with van der Waals surface area (Å²) < 4.78 is 27.2. The Morgan fingerprint density at radius 2 is 1.55 bits per heavy atom. The Bertz CT molecular complexity index is 573. The predicted octanol–water partition coefficient (Wildman–Crippen LogP) is 5.56. The van der Waals surface area contributed by atoms with Crippen LogP contribution in [0.3, 0.4) is 0 Å². The lowest BCUT2D eigenvalue weighted by atomic mass is 10.0. The lowest BCUT2D eigenvalue weighted by molar-refractivity contribution is 0.0178. The van der Waals surface area contributed by atoms with Gasteiger partial charge in [0.25, 0.3) is 5.92 Å². The van der Waals surface area contributed by atoms with Gasteiger partial charge in [0.2, 0.25) is 0 Å². The number of nitrogens with zero attached hydrogens (tertiary/aromatic N) is 1. The van der Waals surface area contributed by atoms with E-state index in [1.807, 2.05) is 6.07 Å².